The highest BCUT2D eigenvalue weighted by Crippen LogP contribution is 2.37. The maximum absolute atomic E-state index is 6.31. The van der Waals surface area contributed by atoms with Crippen molar-refractivity contribution < 1.29 is 4.74 Å². The van der Waals surface area contributed by atoms with Gasteiger partial charge < -0.3 is 4.74 Å². The zero-order valence-electron chi connectivity index (χ0n) is 16.5. The first-order valence-electron chi connectivity index (χ1n) is 9.81. The molecule has 1 saturated heterocycles. The molecule has 3 aromatic heterocycles. The van der Waals surface area contributed by atoms with E-state index in [9.17, 15) is 0 Å². The van der Waals surface area contributed by atoms with E-state index in [0.717, 1.165) is 41.4 Å². The molecule has 7 nitrogen and oxygen atoms in total. The molecule has 0 saturated carbocycles. The van der Waals surface area contributed by atoms with Crippen LogP contribution in [0.25, 0.3) is 15.9 Å². The SMILES string of the molecule is Cc1sc2nc(CN3CCCC3)nc(Oc3cccc(-n4ccnn4)c3)c2c1C. The van der Waals surface area contributed by atoms with Gasteiger partial charge >= 0.3 is 0 Å². The van der Waals surface area contributed by atoms with Gasteiger partial charge in [-0.3, -0.25) is 4.90 Å². The summed E-state index contributed by atoms with van der Waals surface area (Å²) in [7, 11) is 0. The number of thiophene rings is 1. The van der Waals surface area contributed by atoms with Crippen LogP contribution in [-0.2, 0) is 6.54 Å². The van der Waals surface area contributed by atoms with Crippen LogP contribution in [0.4, 0.5) is 0 Å². The van der Waals surface area contributed by atoms with Gasteiger partial charge in [0, 0.05) is 10.9 Å². The van der Waals surface area contributed by atoms with Crippen molar-refractivity contribution in [1.29, 1.82) is 0 Å². The van der Waals surface area contributed by atoms with Gasteiger partial charge in [-0.1, -0.05) is 11.3 Å². The summed E-state index contributed by atoms with van der Waals surface area (Å²) in [5.74, 6) is 2.17. The third-order valence-corrected chi connectivity index (χ3v) is 6.43. The number of rotatable bonds is 5. The van der Waals surface area contributed by atoms with Crippen LogP contribution in [0.2, 0.25) is 0 Å². The minimum absolute atomic E-state index is 0.627. The Labute approximate surface area is 173 Å². The lowest BCUT2D eigenvalue weighted by Crippen LogP contribution is -2.20. The monoisotopic (exact) mass is 406 g/mol. The summed E-state index contributed by atoms with van der Waals surface area (Å²) in [6.45, 7) is 7.22. The Morgan fingerprint density at radius 2 is 2.00 bits per heavy atom. The van der Waals surface area contributed by atoms with E-state index in [0.29, 0.717) is 11.6 Å². The highest BCUT2D eigenvalue weighted by atomic mass is 32.1. The molecule has 1 aliphatic heterocycles. The second kappa shape index (κ2) is 7.53. The smallest absolute Gasteiger partial charge is 0.231 e. The molecular weight excluding hydrogens is 384 g/mol. The summed E-state index contributed by atoms with van der Waals surface area (Å²) in [4.78, 5) is 14.3. The summed E-state index contributed by atoms with van der Waals surface area (Å²) >= 11 is 1.70. The molecule has 0 bridgehead atoms. The second-order valence-electron chi connectivity index (χ2n) is 7.34. The largest absolute Gasteiger partial charge is 0.438 e. The number of hydrogen-bond acceptors (Lipinski definition) is 7. The van der Waals surface area contributed by atoms with Gasteiger partial charge in [0.2, 0.25) is 5.88 Å². The Bertz CT molecular complexity index is 1150. The Morgan fingerprint density at radius 1 is 1.14 bits per heavy atom. The zero-order chi connectivity index (χ0) is 19.8. The molecule has 1 aromatic carbocycles. The normalized spacial score (nSPS) is 14.7. The van der Waals surface area contributed by atoms with E-state index in [-0.39, 0.29) is 0 Å². The molecule has 0 radical (unpaired) electrons. The number of ether oxygens (including phenoxy) is 1. The van der Waals surface area contributed by atoms with Crippen LogP contribution in [0.5, 0.6) is 11.6 Å². The van der Waals surface area contributed by atoms with E-state index in [2.05, 4.69) is 29.1 Å². The molecule has 0 atom stereocenters. The van der Waals surface area contributed by atoms with Crippen molar-refractivity contribution in [2.24, 2.45) is 0 Å². The fourth-order valence-corrected chi connectivity index (χ4v) is 4.73. The van der Waals surface area contributed by atoms with Gasteiger partial charge in [0.05, 0.1) is 30.0 Å². The third kappa shape index (κ3) is 3.61. The van der Waals surface area contributed by atoms with E-state index in [4.69, 9.17) is 14.7 Å². The van der Waals surface area contributed by atoms with Gasteiger partial charge in [0.15, 0.2) is 0 Å². The molecular formula is C21H22N6OS. The van der Waals surface area contributed by atoms with E-state index < -0.39 is 0 Å². The van der Waals surface area contributed by atoms with Gasteiger partial charge in [0.1, 0.15) is 16.4 Å². The summed E-state index contributed by atoms with van der Waals surface area (Å²) in [6.07, 6.45) is 5.96. The van der Waals surface area contributed by atoms with Crippen molar-refractivity contribution in [3.05, 3.63) is 52.9 Å². The third-order valence-electron chi connectivity index (χ3n) is 5.32. The summed E-state index contributed by atoms with van der Waals surface area (Å²) in [6, 6.07) is 7.79. The molecule has 1 aliphatic rings. The van der Waals surface area contributed by atoms with E-state index in [1.165, 1.54) is 23.3 Å². The van der Waals surface area contributed by atoms with Crippen molar-refractivity contribution in [3.8, 4) is 17.3 Å². The van der Waals surface area contributed by atoms with Gasteiger partial charge in [-0.2, -0.15) is 4.98 Å². The fraction of sp³-hybridized carbons (Fsp3) is 0.333. The highest BCUT2D eigenvalue weighted by molar-refractivity contribution is 7.18. The molecule has 0 unspecified atom stereocenters. The minimum Gasteiger partial charge on any atom is -0.438 e. The van der Waals surface area contributed by atoms with Crippen LogP contribution in [-0.4, -0.2) is 43.0 Å². The first kappa shape index (κ1) is 18.2. The fourth-order valence-electron chi connectivity index (χ4n) is 3.69. The molecule has 1 fully saturated rings. The Balaban J connectivity index is 1.53. The quantitative estimate of drug-likeness (QED) is 0.493. The number of benzene rings is 1. The lowest BCUT2D eigenvalue weighted by atomic mass is 10.2. The molecule has 0 spiro atoms. The van der Waals surface area contributed by atoms with Gasteiger partial charge in [-0.05, 0) is 57.5 Å². The predicted octanol–water partition coefficient (Wildman–Crippen LogP) is 4.28. The number of aromatic nitrogens is 5. The number of aryl methyl sites for hydroxylation is 2. The van der Waals surface area contributed by atoms with Gasteiger partial charge in [-0.15, -0.1) is 16.4 Å². The molecule has 5 rings (SSSR count). The average molecular weight is 407 g/mol. The maximum Gasteiger partial charge on any atom is 0.231 e. The van der Waals surface area contributed by atoms with Crippen LogP contribution in [0, 0.1) is 13.8 Å². The molecule has 148 valence electrons. The average Bonchev–Trinajstić information content (AvgIpc) is 3.46. The van der Waals surface area contributed by atoms with E-state index in [1.807, 2.05) is 30.5 Å². The van der Waals surface area contributed by atoms with Crippen LogP contribution in [0.3, 0.4) is 0 Å². The lowest BCUT2D eigenvalue weighted by molar-refractivity contribution is 0.321. The Kier molecular flexibility index (Phi) is 4.73. The van der Waals surface area contributed by atoms with Gasteiger partial charge in [-0.25, -0.2) is 9.67 Å². The zero-order valence-corrected chi connectivity index (χ0v) is 17.3. The van der Waals surface area contributed by atoms with Crippen LogP contribution >= 0.6 is 11.3 Å². The molecule has 29 heavy (non-hydrogen) atoms. The molecule has 4 heterocycles. The first-order valence-corrected chi connectivity index (χ1v) is 10.6. The van der Waals surface area contributed by atoms with Crippen molar-refractivity contribution in [2.45, 2.75) is 33.2 Å². The number of nitrogens with zero attached hydrogens (tertiary/aromatic N) is 6. The van der Waals surface area contributed by atoms with Crippen molar-refractivity contribution in [2.75, 3.05) is 13.1 Å². The Morgan fingerprint density at radius 3 is 2.79 bits per heavy atom. The summed E-state index contributed by atoms with van der Waals surface area (Å²) in [5.41, 5.74) is 2.07. The molecule has 0 N–H and O–H groups in total. The minimum atomic E-state index is 0.627. The van der Waals surface area contributed by atoms with Crippen molar-refractivity contribution >= 4 is 21.6 Å². The standard InChI is InChI=1S/C21H22N6OS/c1-14-15(2)29-21-19(14)20(23-18(24-21)13-26-9-3-4-10-26)28-17-7-5-6-16(12-17)27-11-8-22-25-27/h5-8,11-12H,3-4,9-10,13H2,1-2H3. The molecule has 0 amide bonds. The van der Waals surface area contributed by atoms with Crippen molar-refractivity contribution in [1.82, 2.24) is 29.9 Å². The predicted molar refractivity (Wildman–Crippen MR) is 113 cm³/mol. The van der Waals surface area contributed by atoms with E-state index >= 15 is 0 Å². The first-order chi connectivity index (χ1) is 14.2. The lowest BCUT2D eigenvalue weighted by Gasteiger charge is -2.14. The maximum atomic E-state index is 6.31. The second-order valence-corrected chi connectivity index (χ2v) is 8.54. The number of fused-ring (bicyclic) bond motifs is 1. The molecule has 8 heteroatoms. The van der Waals surface area contributed by atoms with Crippen LogP contribution in [0.15, 0.2) is 36.7 Å². The summed E-state index contributed by atoms with van der Waals surface area (Å²) < 4.78 is 8.01. The highest BCUT2D eigenvalue weighted by Gasteiger charge is 2.19. The number of hydrogen-bond donors (Lipinski definition) is 0. The molecule has 4 aromatic rings. The number of likely N-dealkylation sites (tertiary alicyclic amines) is 1. The van der Waals surface area contributed by atoms with Crippen molar-refractivity contribution in [3.63, 3.8) is 0 Å². The van der Waals surface area contributed by atoms with E-state index in [1.54, 1.807) is 22.2 Å². The topological polar surface area (TPSA) is 69.0 Å². The van der Waals surface area contributed by atoms with Gasteiger partial charge in [0.25, 0.3) is 0 Å². The van der Waals surface area contributed by atoms with Crippen LogP contribution < -0.4 is 4.74 Å². The Hall–Kier alpha value is -2.84. The van der Waals surface area contributed by atoms with Crippen LogP contribution in [0.1, 0.15) is 29.1 Å². The summed E-state index contributed by atoms with van der Waals surface area (Å²) in [5, 5.41) is 8.93. The molecule has 0 aliphatic carbocycles.